The Balaban J connectivity index is 4.36. The summed E-state index contributed by atoms with van der Waals surface area (Å²) in [6.45, 7) is 9.00. The molecular weight excluding hydrogens is 190 g/mol. The monoisotopic (exact) mass is 215 g/mol. The molecule has 3 nitrogen and oxygen atoms in total. The molecule has 3 heteroatoms. The Bertz CT molecular complexity index is 182. The van der Waals surface area contributed by atoms with Crippen molar-refractivity contribution in [2.45, 2.75) is 46.3 Å². The van der Waals surface area contributed by atoms with Gasteiger partial charge < -0.3 is 9.84 Å². The molecule has 0 saturated carbocycles. The second kappa shape index (κ2) is 7.83. The fourth-order valence-corrected chi connectivity index (χ4v) is 1.66. The minimum Gasteiger partial charge on any atom is -0.390 e. The van der Waals surface area contributed by atoms with E-state index in [-0.39, 0.29) is 18.1 Å². The standard InChI is InChI=1S/C12H25NO2/c1-6-11(14)12(15-5)10(4)9(3)8-13-7-2/h8-12,14H,6-7H2,1-5H3/b13-8+. The van der Waals surface area contributed by atoms with E-state index < -0.39 is 0 Å². The fraction of sp³-hybridized carbons (Fsp3) is 0.917. The molecule has 0 heterocycles. The Morgan fingerprint density at radius 3 is 2.33 bits per heavy atom. The molecule has 4 atom stereocenters. The molecular formula is C12H25NO2. The Kier molecular flexibility index (Phi) is 7.61. The first kappa shape index (κ1) is 14.6. The lowest BCUT2D eigenvalue weighted by atomic mass is 9.88. The average Bonchev–Trinajstić information content (AvgIpc) is 2.26. The molecule has 90 valence electrons. The highest BCUT2D eigenvalue weighted by Gasteiger charge is 2.27. The van der Waals surface area contributed by atoms with E-state index in [1.54, 1.807) is 7.11 Å². The molecule has 0 radical (unpaired) electrons. The second-order valence-electron chi connectivity index (χ2n) is 4.04. The minimum atomic E-state index is -0.387. The number of rotatable bonds is 7. The molecule has 0 aliphatic heterocycles. The van der Waals surface area contributed by atoms with E-state index in [4.69, 9.17) is 4.74 Å². The maximum absolute atomic E-state index is 9.79. The lowest BCUT2D eigenvalue weighted by Crippen LogP contribution is -2.37. The van der Waals surface area contributed by atoms with Crippen LogP contribution in [-0.2, 0) is 4.74 Å². The number of methoxy groups -OCH3 is 1. The van der Waals surface area contributed by atoms with Crippen LogP contribution in [0.3, 0.4) is 0 Å². The average molecular weight is 215 g/mol. The van der Waals surface area contributed by atoms with Crippen molar-refractivity contribution >= 4 is 6.21 Å². The number of hydrogen-bond donors (Lipinski definition) is 1. The highest BCUT2D eigenvalue weighted by molar-refractivity contribution is 5.60. The van der Waals surface area contributed by atoms with Crippen molar-refractivity contribution < 1.29 is 9.84 Å². The van der Waals surface area contributed by atoms with Crippen LogP contribution in [0.4, 0.5) is 0 Å². The first-order chi connectivity index (χ1) is 7.08. The molecule has 15 heavy (non-hydrogen) atoms. The van der Waals surface area contributed by atoms with E-state index in [1.807, 2.05) is 20.1 Å². The highest BCUT2D eigenvalue weighted by Crippen LogP contribution is 2.20. The van der Waals surface area contributed by atoms with Crippen LogP contribution in [0, 0.1) is 11.8 Å². The molecule has 1 N–H and O–H groups in total. The van der Waals surface area contributed by atoms with Crippen molar-refractivity contribution in [2.24, 2.45) is 16.8 Å². The number of aliphatic hydroxyl groups is 1. The van der Waals surface area contributed by atoms with Gasteiger partial charge in [-0.3, -0.25) is 4.99 Å². The van der Waals surface area contributed by atoms with E-state index in [1.165, 1.54) is 0 Å². The van der Waals surface area contributed by atoms with Crippen LogP contribution in [0.1, 0.15) is 34.1 Å². The summed E-state index contributed by atoms with van der Waals surface area (Å²) in [7, 11) is 1.66. The molecule has 0 aliphatic rings. The van der Waals surface area contributed by atoms with Gasteiger partial charge in [-0.05, 0) is 25.2 Å². The molecule has 0 aromatic carbocycles. The third-order valence-corrected chi connectivity index (χ3v) is 2.94. The van der Waals surface area contributed by atoms with Gasteiger partial charge in [0.1, 0.15) is 0 Å². The predicted octanol–water partition coefficient (Wildman–Crippen LogP) is 2.14. The van der Waals surface area contributed by atoms with Crippen molar-refractivity contribution in [3.8, 4) is 0 Å². The lowest BCUT2D eigenvalue weighted by molar-refractivity contribution is -0.0485. The molecule has 0 bridgehead atoms. The van der Waals surface area contributed by atoms with Gasteiger partial charge in [-0.15, -0.1) is 0 Å². The Labute approximate surface area is 93.6 Å². The van der Waals surface area contributed by atoms with E-state index in [0.29, 0.717) is 5.92 Å². The van der Waals surface area contributed by atoms with Gasteiger partial charge in [0.15, 0.2) is 0 Å². The van der Waals surface area contributed by atoms with Crippen LogP contribution in [-0.4, -0.2) is 37.2 Å². The molecule has 0 aromatic rings. The van der Waals surface area contributed by atoms with Crippen molar-refractivity contribution in [3.05, 3.63) is 0 Å². The summed E-state index contributed by atoms with van der Waals surface area (Å²) in [4.78, 5) is 4.23. The second-order valence-corrected chi connectivity index (χ2v) is 4.04. The van der Waals surface area contributed by atoms with Crippen molar-refractivity contribution in [1.29, 1.82) is 0 Å². The smallest absolute Gasteiger partial charge is 0.0861 e. The molecule has 0 aromatic heterocycles. The third-order valence-electron chi connectivity index (χ3n) is 2.94. The van der Waals surface area contributed by atoms with Gasteiger partial charge in [0.05, 0.1) is 12.2 Å². The summed E-state index contributed by atoms with van der Waals surface area (Å²) in [5.41, 5.74) is 0. The number of ether oxygens (including phenoxy) is 1. The summed E-state index contributed by atoms with van der Waals surface area (Å²) < 4.78 is 5.35. The van der Waals surface area contributed by atoms with Crippen LogP contribution in [0.15, 0.2) is 4.99 Å². The maximum Gasteiger partial charge on any atom is 0.0861 e. The molecule has 0 amide bonds. The molecule has 0 spiro atoms. The van der Waals surface area contributed by atoms with Gasteiger partial charge >= 0.3 is 0 Å². The minimum absolute atomic E-state index is 0.103. The normalized spacial score (nSPS) is 20.1. The molecule has 0 saturated heterocycles. The summed E-state index contributed by atoms with van der Waals surface area (Å²) in [5, 5.41) is 9.79. The van der Waals surface area contributed by atoms with Gasteiger partial charge in [0.25, 0.3) is 0 Å². The Hall–Kier alpha value is -0.410. The van der Waals surface area contributed by atoms with Gasteiger partial charge in [0.2, 0.25) is 0 Å². The maximum atomic E-state index is 9.79. The number of aliphatic imine (C=N–C) groups is 1. The van der Waals surface area contributed by atoms with Gasteiger partial charge in [-0.25, -0.2) is 0 Å². The van der Waals surface area contributed by atoms with E-state index in [9.17, 15) is 5.11 Å². The van der Waals surface area contributed by atoms with Crippen LogP contribution in [0.2, 0.25) is 0 Å². The highest BCUT2D eigenvalue weighted by atomic mass is 16.5. The summed E-state index contributed by atoms with van der Waals surface area (Å²) in [5.74, 6) is 0.608. The van der Waals surface area contributed by atoms with Gasteiger partial charge in [-0.2, -0.15) is 0 Å². The van der Waals surface area contributed by atoms with E-state index >= 15 is 0 Å². The summed E-state index contributed by atoms with van der Waals surface area (Å²) >= 11 is 0. The van der Waals surface area contributed by atoms with Crippen LogP contribution < -0.4 is 0 Å². The predicted molar refractivity (Wildman–Crippen MR) is 64.5 cm³/mol. The first-order valence-corrected chi connectivity index (χ1v) is 5.79. The quantitative estimate of drug-likeness (QED) is 0.661. The number of nitrogens with zero attached hydrogens (tertiary/aromatic N) is 1. The Morgan fingerprint density at radius 2 is 1.93 bits per heavy atom. The van der Waals surface area contributed by atoms with Crippen molar-refractivity contribution in [2.75, 3.05) is 13.7 Å². The SMILES string of the molecule is CC/N=C/C(C)C(C)C(OC)C(O)CC. The number of aliphatic hydroxyl groups excluding tert-OH is 1. The van der Waals surface area contributed by atoms with Gasteiger partial charge in [-0.1, -0.05) is 20.8 Å². The van der Waals surface area contributed by atoms with E-state index in [2.05, 4.69) is 18.8 Å². The topological polar surface area (TPSA) is 41.8 Å². The molecule has 4 unspecified atom stereocenters. The molecule has 0 fully saturated rings. The van der Waals surface area contributed by atoms with Gasteiger partial charge in [0, 0.05) is 19.9 Å². The summed E-state index contributed by atoms with van der Waals surface area (Å²) in [6.07, 6.45) is 2.19. The lowest BCUT2D eigenvalue weighted by Gasteiger charge is -2.29. The van der Waals surface area contributed by atoms with Crippen LogP contribution in [0.25, 0.3) is 0 Å². The van der Waals surface area contributed by atoms with Crippen molar-refractivity contribution in [3.63, 3.8) is 0 Å². The zero-order valence-electron chi connectivity index (χ0n) is 10.6. The van der Waals surface area contributed by atoms with Crippen LogP contribution in [0.5, 0.6) is 0 Å². The summed E-state index contributed by atoms with van der Waals surface area (Å²) in [6, 6.07) is 0. The number of hydrogen-bond acceptors (Lipinski definition) is 3. The zero-order valence-corrected chi connectivity index (χ0v) is 10.6. The largest absolute Gasteiger partial charge is 0.390 e. The van der Waals surface area contributed by atoms with E-state index in [0.717, 1.165) is 13.0 Å². The molecule has 0 rings (SSSR count). The zero-order chi connectivity index (χ0) is 11.8. The Morgan fingerprint density at radius 1 is 1.33 bits per heavy atom. The van der Waals surface area contributed by atoms with Crippen molar-refractivity contribution in [1.82, 2.24) is 0 Å². The fourth-order valence-electron chi connectivity index (χ4n) is 1.66. The third kappa shape index (κ3) is 4.76. The first-order valence-electron chi connectivity index (χ1n) is 5.79. The van der Waals surface area contributed by atoms with Crippen LogP contribution >= 0.6 is 0 Å². The molecule has 0 aliphatic carbocycles.